The number of ether oxygens (including phenoxy) is 2. The van der Waals surface area contributed by atoms with Crippen LogP contribution in [-0.4, -0.2) is 58.9 Å². The third-order valence-corrected chi connectivity index (χ3v) is 10.2. The molecule has 0 aromatic rings. The summed E-state index contributed by atoms with van der Waals surface area (Å²) < 4.78 is 12.0. The van der Waals surface area contributed by atoms with E-state index in [-0.39, 0.29) is 46.8 Å². The van der Waals surface area contributed by atoms with Crippen molar-refractivity contribution in [2.75, 3.05) is 13.1 Å². The highest BCUT2D eigenvalue weighted by molar-refractivity contribution is 5.78. The summed E-state index contributed by atoms with van der Waals surface area (Å²) in [5.41, 5.74) is -0.903. The van der Waals surface area contributed by atoms with Crippen molar-refractivity contribution in [2.24, 2.45) is 34.5 Å². The lowest BCUT2D eigenvalue weighted by Gasteiger charge is -2.69. The summed E-state index contributed by atoms with van der Waals surface area (Å²) in [6, 6.07) is 0.186. The highest BCUT2D eigenvalue weighted by Gasteiger charge is 2.82. The first-order valence-electron chi connectivity index (χ1n) is 11.6. The van der Waals surface area contributed by atoms with Gasteiger partial charge in [0.2, 0.25) is 0 Å². The monoisotopic (exact) mass is 403 g/mol. The molecule has 160 valence electrons. The van der Waals surface area contributed by atoms with E-state index in [2.05, 4.69) is 18.7 Å². The largest absolute Gasteiger partial charge is 0.462 e. The molecule has 1 spiro atoms. The van der Waals surface area contributed by atoms with Crippen LogP contribution in [-0.2, 0) is 19.1 Å². The molecular weight excluding hydrogens is 370 g/mol. The molecule has 3 heterocycles. The fourth-order valence-corrected chi connectivity index (χ4v) is 9.67. The van der Waals surface area contributed by atoms with Crippen molar-refractivity contribution in [3.8, 4) is 0 Å². The van der Waals surface area contributed by atoms with E-state index < -0.39 is 17.6 Å². The second kappa shape index (κ2) is 5.56. The minimum atomic E-state index is -0.773. The van der Waals surface area contributed by atoms with Crippen LogP contribution in [0.15, 0.2) is 0 Å². The second-order valence-electron chi connectivity index (χ2n) is 11.1. The lowest BCUT2D eigenvalue weighted by Crippen LogP contribution is -2.76. The van der Waals surface area contributed by atoms with Crippen molar-refractivity contribution in [1.29, 1.82) is 0 Å². The Morgan fingerprint density at radius 2 is 2.07 bits per heavy atom. The summed E-state index contributed by atoms with van der Waals surface area (Å²) in [6.45, 7) is 8.06. The summed E-state index contributed by atoms with van der Waals surface area (Å²) in [4.78, 5) is 28.2. The number of aliphatic hydroxyl groups is 1. The fraction of sp³-hybridized carbons (Fsp3) is 0.913. The van der Waals surface area contributed by atoms with Gasteiger partial charge in [-0.1, -0.05) is 13.8 Å². The van der Waals surface area contributed by atoms with Crippen molar-refractivity contribution >= 4 is 11.9 Å². The summed E-state index contributed by atoms with van der Waals surface area (Å²) >= 11 is 0. The number of aliphatic hydroxyl groups excluding tert-OH is 1. The molecule has 0 unspecified atom stereocenters. The molecule has 3 aliphatic heterocycles. The molecule has 4 saturated carbocycles. The molecular formula is C23H33NO5. The fourth-order valence-electron chi connectivity index (χ4n) is 9.67. The van der Waals surface area contributed by atoms with Crippen LogP contribution in [0, 0.1) is 34.5 Å². The van der Waals surface area contributed by atoms with Crippen LogP contribution < -0.4 is 0 Å². The van der Waals surface area contributed by atoms with Gasteiger partial charge in [-0.25, -0.2) is 0 Å². The zero-order chi connectivity index (χ0) is 20.3. The Kier molecular flexibility index (Phi) is 3.57. The third-order valence-electron chi connectivity index (χ3n) is 10.2. The van der Waals surface area contributed by atoms with Crippen LogP contribution in [0.4, 0.5) is 0 Å². The van der Waals surface area contributed by atoms with Crippen LogP contribution in [0.25, 0.3) is 0 Å². The number of esters is 2. The molecule has 6 nitrogen and oxygen atoms in total. The van der Waals surface area contributed by atoms with Crippen molar-refractivity contribution in [2.45, 2.75) is 83.1 Å². The van der Waals surface area contributed by atoms with Gasteiger partial charge in [-0.05, 0) is 62.3 Å². The average molecular weight is 404 g/mol. The Bertz CT molecular complexity index is 785. The van der Waals surface area contributed by atoms with Crippen molar-refractivity contribution < 1.29 is 24.2 Å². The normalized spacial score (nSPS) is 57.2. The Balaban J connectivity index is 1.63. The molecule has 29 heavy (non-hydrogen) atoms. The minimum Gasteiger partial charge on any atom is -0.462 e. The summed E-state index contributed by atoms with van der Waals surface area (Å²) in [5.74, 6) is -0.394. The van der Waals surface area contributed by atoms with Gasteiger partial charge in [-0.3, -0.25) is 14.5 Å². The number of hydrogen-bond acceptors (Lipinski definition) is 6. The smallest absolute Gasteiger partial charge is 0.313 e. The molecule has 10 atom stereocenters. The first kappa shape index (κ1) is 18.6. The second-order valence-corrected chi connectivity index (χ2v) is 11.1. The van der Waals surface area contributed by atoms with E-state index in [1.165, 1.54) is 6.92 Å². The summed E-state index contributed by atoms with van der Waals surface area (Å²) in [7, 11) is 0. The van der Waals surface area contributed by atoms with E-state index in [0.29, 0.717) is 12.3 Å². The number of likely N-dealkylation sites (tertiary alicyclic amines) is 1. The van der Waals surface area contributed by atoms with Crippen molar-refractivity contribution in [1.82, 2.24) is 4.90 Å². The first-order chi connectivity index (χ1) is 13.8. The van der Waals surface area contributed by atoms with Gasteiger partial charge in [-0.2, -0.15) is 0 Å². The molecule has 7 aliphatic rings. The quantitative estimate of drug-likeness (QED) is 0.712. The Morgan fingerprint density at radius 3 is 2.79 bits per heavy atom. The zero-order valence-corrected chi connectivity index (χ0v) is 17.7. The van der Waals surface area contributed by atoms with Crippen LogP contribution in [0.3, 0.4) is 0 Å². The van der Waals surface area contributed by atoms with E-state index in [4.69, 9.17) is 9.47 Å². The number of piperidine rings is 1. The standard InChI is InChI=1S/C23H33NO5/c1-4-24-11-21(3)7-6-17(26)23-14-9-13-5-8-22(29-12(2)25,18(14)20(27)28-13)15(19(23)24)10-16(21)23/h13-19,26H,4-11H2,1-3H3/t13-,14+,15-,16+,17-,18+,19+,21-,22-,23+/m0/s1. The van der Waals surface area contributed by atoms with Gasteiger partial charge in [0.25, 0.3) is 0 Å². The number of nitrogens with zero attached hydrogens (tertiary/aromatic N) is 1. The number of fused-ring (bicyclic) bond motifs is 2. The molecule has 0 aromatic heterocycles. The molecule has 3 saturated heterocycles. The minimum absolute atomic E-state index is 0.0355. The topological polar surface area (TPSA) is 76.1 Å². The first-order valence-corrected chi connectivity index (χ1v) is 11.6. The third kappa shape index (κ3) is 1.93. The van der Waals surface area contributed by atoms with Gasteiger partial charge in [-0.15, -0.1) is 0 Å². The van der Waals surface area contributed by atoms with Crippen LogP contribution in [0.1, 0.15) is 59.3 Å². The molecule has 0 amide bonds. The van der Waals surface area contributed by atoms with Crippen molar-refractivity contribution in [3.63, 3.8) is 0 Å². The molecule has 1 N–H and O–H groups in total. The SMILES string of the molecule is CCN1C[C@]2(C)CC[C@H](O)[C@@]34[C@@H]5C[C@@H]6CC[C@](OC(C)=O)([C@@H](C[C@H]23)[C@@H]14)[C@H]5C(=O)O6. The number of carbonyl (C=O) groups is 2. The predicted octanol–water partition coefficient (Wildman–Crippen LogP) is 2.13. The number of rotatable bonds is 2. The Hall–Kier alpha value is -1.14. The zero-order valence-electron chi connectivity index (χ0n) is 17.7. The number of carbonyl (C=O) groups excluding carboxylic acids is 2. The van der Waals surface area contributed by atoms with Gasteiger partial charge >= 0.3 is 11.9 Å². The van der Waals surface area contributed by atoms with E-state index in [0.717, 1.165) is 45.2 Å². The maximum absolute atomic E-state index is 13.3. The van der Waals surface area contributed by atoms with E-state index in [1.807, 2.05) is 0 Å². The van der Waals surface area contributed by atoms with Gasteiger partial charge in [0, 0.05) is 30.8 Å². The summed E-state index contributed by atoms with van der Waals surface area (Å²) in [6.07, 6.45) is 4.58. The van der Waals surface area contributed by atoms with Crippen LogP contribution in [0.5, 0.6) is 0 Å². The van der Waals surface area contributed by atoms with Gasteiger partial charge < -0.3 is 14.6 Å². The van der Waals surface area contributed by atoms with Gasteiger partial charge in [0.05, 0.1) is 6.10 Å². The van der Waals surface area contributed by atoms with Crippen LogP contribution >= 0.6 is 0 Å². The lowest BCUT2D eigenvalue weighted by atomic mass is 9.42. The Labute approximate surface area is 172 Å². The molecule has 0 radical (unpaired) electrons. The highest BCUT2D eigenvalue weighted by Crippen LogP contribution is 2.77. The average Bonchev–Trinajstić information content (AvgIpc) is 2.73. The maximum atomic E-state index is 13.3. The summed E-state index contributed by atoms with van der Waals surface area (Å²) in [5, 5.41) is 11.6. The maximum Gasteiger partial charge on any atom is 0.313 e. The van der Waals surface area contributed by atoms with Gasteiger partial charge in [0.1, 0.15) is 17.6 Å². The predicted molar refractivity (Wildman–Crippen MR) is 104 cm³/mol. The highest BCUT2D eigenvalue weighted by atomic mass is 16.6. The van der Waals surface area contributed by atoms with E-state index in [9.17, 15) is 14.7 Å². The lowest BCUT2D eigenvalue weighted by molar-refractivity contribution is -0.268. The molecule has 4 aliphatic carbocycles. The molecule has 9 bridgehead atoms. The molecule has 7 fully saturated rings. The molecule has 0 aromatic carbocycles. The number of hydrogen-bond donors (Lipinski definition) is 1. The van der Waals surface area contributed by atoms with Crippen molar-refractivity contribution in [3.05, 3.63) is 0 Å². The van der Waals surface area contributed by atoms with Gasteiger partial charge in [0.15, 0.2) is 0 Å². The van der Waals surface area contributed by atoms with E-state index in [1.54, 1.807) is 0 Å². The van der Waals surface area contributed by atoms with E-state index >= 15 is 0 Å². The molecule has 7 rings (SSSR count). The van der Waals surface area contributed by atoms with Crippen LogP contribution in [0.2, 0.25) is 0 Å². The Morgan fingerprint density at radius 1 is 1.28 bits per heavy atom. The molecule has 6 heteroatoms.